The van der Waals surface area contributed by atoms with Crippen molar-refractivity contribution in [3.8, 4) is 0 Å². The Bertz CT molecular complexity index is 164. The first kappa shape index (κ1) is 7.84. The molecule has 0 amide bonds. The zero-order chi connectivity index (χ0) is 7.90. The third-order valence-electron chi connectivity index (χ3n) is 2.78. The van der Waals surface area contributed by atoms with E-state index in [-0.39, 0.29) is 5.60 Å². The molecular formula is C8H14ClNO. The normalized spacial score (nSPS) is 42.5. The van der Waals surface area contributed by atoms with Crippen LogP contribution in [0.25, 0.3) is 0 Å². The second-order valence-electron chi connectivity index (χ2n) is 3.78. The lowest BCUT2D eigenvalue weighted by atomic mass is 10.3. The maximum atomic E-state index is 9.66. The minimum absolute atomic E-state index is 0.285. The van der Waals surface area contributed by atoms with Crippen molar-refractivity contribution in [1.29, 1.82) is 0 Å². The van der Waals surface area contributed by atoms with E-state index in [0.29, 0.717) is 5.92 Å². The number of alkyl halides is 1. The maximum Gasteiger partial charge on any atom is 0.0819 e. The highest BCUT2D eigenvalue weighted by Gasteiger charge is 2.58. The van der Waals surface area contributed by atoms with Crippen LogP contribution in [0.3, 0.4) is 0 Å². The van der Waals surface area contributed by atoms with E-state index < -0.39 is 0 Å². The Kier molecular flexibility index (Phi) is 1.86. The lowest BCUT2D eigenvalue weighted by Crippen LogP contribution is -2.28. The number of rotatable bonds is 3. The van der Waals surface area contributed by atoms with Gasteiger partial charge in [-0.25, -0.2) is 0 Å². The third kappa shape index (κ3) is 1.40. The minimum Gasteiger partial charge on any atom is -0.388 e. The average molecular weight is 176 g/mol. The zero-order valence-electron chi connectivity index (χ0n) is 6.59. The Labute approximate surface area is 72.1 Å². The average Bonchev–Trinajstić information content (AvgIpc) is 2.47. The van der Waals surface area contributed by atoms with E-state index in [2.05, 4.69) is 4.90 Å². The van der Waals surface area contributed by atoms with Gasteiger partial charge in [0.1, 0.15) is 0 Å². The minimum atomic E-state index is -0.285. The van der Waals surface area contributed by atoms with Crippen LogP contribution in [0.5, 0.6) is 0 Å². The summed E-state index contributed by atoms with van der Waals surface area (Å²) in [6.45, 7) is 3.03. The molecule has 0 aromatic heterocycles. The number of β-amino-alcohol motifs (C(OH)–C–C–N with tert-alkyl or cyclic N) is 1. The van der Waals surface area contributed by atoms with E-state index in [4.69, 9.17) is 11.6 Å². The lowest BCUT2D eigenvalue weighted by molar-refractivity contribution is 0.128. The third-order valence-corrected chi connectivity index (χ3v) is 3.05. The molecule has 1 N–H and O–H groups in total. The van der Waals surface area contributed by atoms with Crippen LogP contribution in [0.2, 0.25) is 0 Å². The van der Waals surface area contributed by atoms with Gasteiger partial charge in [-0.1, -0.05) is 0 Å². The van der Waals surface area contributed by atoms with Crippen molar-refractivity contribution >= 4 is 11.6 Å². The fourth-order valence-corrected chi connectivity index (χ4v) is 2.13. The number of hydrogen-bond donors (Lipinski definition) is 1. The van der Waals surface area contributed by atoms with Gasteiger partial charge in [-0.2, -0.15) is 0 Å². The molecule has 1 aliphatic heterocycles. The highest BCUT2D eigenvalue weighted by Crippen LogP contribution is 2.49. The van der Waals surface area contributed by atoms with E-state index in [1.807, 2.05) is 0 Å². The summed E-state index contributed by atoms with van der Waals surface area (Å²) >= 11 is 5.57. The highest BCUT2D eigenvalue weighted by molar-refractivity contribution is 6.17. The molecular weight excluding hydrogens is 162 g/mol. The van der Waals surface area contributed by atoms with Crippen molar-refractivity contribution in [2.45, 2.75) is 18.4 Å². The molecule has 0 bridgehead atoms. The molecule has 1 heterocycles. The van der Waals surface area contributed by atoms with Gasteiger partial charge in [-0.3, -0.25) is 0 Å². The Morgan fingerprint density at radius 3 is 3.00 bits per heavy atom. The predicted molar refractivity (Wildman–Crippen MR) is 44.8 cm³/mol. The maximum absolute atomic E-state index is 9.66. The molecule has 0 radical (unpaired) electrons. The van der Waals surface area contributed by atoms with Crippen molar-refractivity contribution in [1.82, 2.24) is 4.90 Å². The molecule has 64 valence electrons. The Morgan fingerprint density at radius 2 is 2.45 bits per heavy atom. The summed E-state index contributed by atoms with van der Waals surface area (Å²) in [5, 5.41) is 9.66. The van der Waals surface area contributed by atoms with E-state index in [1.54, 1.807) is 0 Å². The molecule has 0 aromatic rings. The Morgan fingerprint density at radius 1 is 1.64 bits per heavy atom. The van der Waals surface area contributed by atoms with Crippen molar-refractivity contribution in [2.24, 2.45) is 5.92 Å². The van der Waals surface area contributed by atoms with Crippen molar-refractivity contribution < 1.29 is 5.11 Å². The molecule has 1 saturated carbocycles. The number of aliphatic hydroxyl groups is 1. The van der Waals surface area contributed by atoms with Gasteiger partial charge >= 0.3 is 0 Å². The molecule has 2 atom stereocenters. The predicted octanol–water partition coefficient (Wildman–Crippen LogP) is 0.682. The Hall–Kier alpha value is 0.210. The molecule has 11 heavy (non-hydrogen) atoms. The van der Waals surface area contributed by atoms with Crippen LogP contribution >= 0.6 is 11.6 Å². The van der Waals surface area contributed by atoms with Crippen LogP contribution in [0.4, 0.5) is 0 Å². The first-order valence-corrected chi connectivity index (χ1v) is 4.79. The molecule has 2 nitrogen and oxygen atoms in total. The van der Waals surface area contributed by atoms with Crippen LogP contribution in [-0.4, -0.2) is 41.1 Å². The van der Waals surface area contributed by atoms with Gasteiger partial charge in [0, 0.05) is 24.9 Å². The highest BCUT2D eigenvalue weighted by atomic mass is 35.5. The van der Waals surface area contributed by atoms with Crippen molar-refractivity contribution in [3.05, 3.63) is 0 Å². The van der Waals surface area contributed by atoms with Crippen molar-refractivity contribution in [2.75, 3.05) is 25.5 Å². The topological polar surface area (TPSA) is 23.5 Å². The number of nitrogens with zero attached hydrogens (tertiary/aromatic N) is 1. The van der Waals surface area contributed by atoms with Gasteiger partial charge in [-0.15, -0.1) is 11.6 Å². The monoisotopic (exact) mass is 175 g/mol. The van der Waals surface area contributed by atoms with Gasteiger partial charge in [0.2, 0.25) is 0 Å². The number of halogens is 1. The summed E-state index contributed by atoms with van der Waals surface area (Å²) < 4.78 is 0. The number of fused-ring (bicyclic) bond motifs is 1. The van der Waals surface area contributed by atoms with Crippen LogP contribution in [0.15, 0.2) is 0 Å². The van der Waals surface area contributed by atoms with Gasteiger partial charge in [0.05, 0.1) is 5.60 Å². The van der Waals surface area contributed by atoms with E-state index >= 15 is 0 Å². The molecule has 2 rings (SSSR count). The molecule has 0 unspecified atom stereocenters. The molecule has 0 aromatic carbocycles. The summed E-state index contributed by atoms with van der Waals surface area (Å²) in [6.07, 6.45) is 2.08. The second-order valence-corrected chi connectivity index (χ2v) is 4.16. The zero-order valence-corrected chi connectivity index (χ0v) is 7.35. The summed E-state index contributed by atoms with van der Waals surface area (Å²) in [5.74, 6) is 1.32. The smallest absolute Gasteiger partial charge is 0.0819 e. The molecule has 2 fully saturated rings. The SMILES string of the molecule is O[C@]12C[C@H]1CN(CCCCl)C2. The van der Waals surface area contributed by atoms with Gasteiger partial charge in [-0.05, 0) is 19.4 Å². The van der Waals surface area contributed by atoms with Crippen LogP contribution < -0.4 is 0 Å². The molecule has 1 aliphatic carbocycles. The first-order valence-electron chi connectivity index (χ1n) is 4.25. The molecule has 0 spiro atoms. The summed E-state index contributed by atoms with van der Waals surface area (Å²) in [6, 6.07) is 0. The summed E-state index contributed by atoms with van der Waals surface area (Å²) in [4.78, 5) is 2.32. The quantitative estimate of drug-likeness (QED) is 0.638. The van der Waals surface area contributed by atoms with Gasteiger partial charge in [0.15, 0.2) is 0 Å². The lowest BCUT2D eigenvalue weighted by Gasteiger charge is -2.17. The van der Waals surface area contributed by atoms with Crippen LogP contribution in [0, 0.1) is 5.92 Å². The number of piperidine rings is 1. The molecule has 1 saturated heterocycles. The summed E-state index contributed by atoms with van der Waals surface area (Å²) in [5.41, 5.74) is -0.285. The van der Waals surface area contributed by atoms with E-state index in [9.17, 15) is 5.11 Å². The number of hydrogen-bond acceptors (Lipinski definition) is 2. The molecule has 3 heteroatoms. The number of likely N-dealkylation sites (tertiary alicyclic amines) is 1. The molecule has 2 aliphatic rings. The fourth-order valence-electron chi connectivity index (χ4n) is 2.01. The second kappa shape index (κ2) is 2.61. The van der Waals surface area contributed by atoms with Gasteiger partial charge in [0.25, 0.3) is 0 Å². The standard InChI is InChI=1S/C8H14ClNO/c9-2-1-3-10-5-7-4-8(7,11)6-10/h7,11H,1-6H2/t7-,8-/m0/s1. The Balaban J connectivity index is 1.75. The van der Waals surface area contributed by atoms with Crippen LogP contribution in [0.1, 0.15) is 12.8 Å². The van der Waals surface area contributed by atoms with Crippen LogP contribution in [-0.2, 0) is 0 Å². The van der Waals surface area contributed by atoms with E-state index in [0.717, 1.165) is 38.4 Å². The van der Waals surface area contributed by atoms with E-state index in [1.165, 1.54) is 0 Å². The first-order chi connectivity index (χ1) is 5.24. The fraction of sp³-hybridized carbons (Fsp3) is 1.00. The largest absolute Gasteiger partial charge is 0.388 e. The van der Waals surface area contributed by atoms with Gasteiger partial charge < -0.3 is 10.0 Å². The van der Waals surface area contributed by atoms with Crippen molar-refractivity contribution in [3.63, 3.8) is 0 Å². The summed E-state index contributed by atoms with van der Waals surface area (Å²) in [7, 11) is 0.